The van der Waals surface area contributed by atoms with Gasteiger partial charge in [-0.05, 0) is 40.5 Å². The highest BCUT2D eigenvalue weighted by Gasteiger charge is 2.11. The monoisotopic (exact) mass is 371 g/mol. The van der Waals surface area contributed by atoms with Gasteiger partial charge in [0.15, 0.2) is 0 Å². The summed E-state index contributed by atoms with van der Waals surface area (Å²) in [7, 11) is -6.75. The Balaban J connectivity index is 2.66. The molecule has 0 heterocycles. The van der Waals surface area contributed by atoms with Crippen molar-refractivity contribution in [2.75, 3.05) is 18.6 Å². The molecule has 1 aromatic rings. The highest BCUT2D eigenvalue weighted by Crippen LogP contribution is 2.27. The molecule has 1 aromatic carbocycles. The smallest absolute Gasteiger partial charge is 0.238 e. The molecular weight excluding hydrogens is 358 g/mol. The van der Waals surface area contributed by atoms with E-state index in [9.17, 15) is 16.8 Å². The number of benzene rings is 1. The Morgan fingerprint density at radius 1 is 1.26 bits per heavy atom. The van der Waals surface area contributed by atoms with Crippen LogP contribution in [0.3, 0.4) is 0 Å². The summed E-state index contributed by atoms with van der Waals surface area (Å²) in [6, 6.07) is 4.12. The van der Waals surface area contributed by atoms with Crippen molar-refractivity contribution in [1.82, 2.24) is 0 Å². The lowest BCUT2D eigenvalue weighted by molar-refractivity contribution is 0.315. The molecule has 1 rings (SSSR count). The highest BCUT2D eigenvalue weighted by molar-refractivity contribution is 9.10. The fraction of sp³-hybridized carbons (Fsp3) is 0.400. The van der Waals surface area contributed by atoms with E-state index in [0.717, 1.165) is 6.26 Å². The summed E-state index contributed by atoms with van der Waals surface area (Å²) in [4.78, 5) is -0.0251. The average Bonchev–Trinajstić information content (AvgIpc) is 2.23. The summed E-state index contributed by atoms with van der Waals surface area (Å²) < 4.78 is 49.9. The molecule has 0 radical (unpaired) electrons. The predicted molar refractivity (Wildman–Crippen MR) is 75.3 cm³/mol. The van der Waals surface area contributed by atoms with Gasteiger partial charge in [0.1, 0.15) is 15.6 Å². The molecule has 0 aliphatic carbocycles. The van der Waals surface area contributed by atoms with Gasteiger partial charge in [-0.1, -0.05) is 0 Å². The molecule has 6 nitrogen and oxygen atoms in total. The van der Waals surface area contributed by atoms with Gasteiger partial charge < -0.3 is 4.74 Å². The second-order valence-corrected chi connectivity index (χ2v) is 8.64. The van der Waals surface area contributed by atoms with Crippen molar-refractivity contribution in [1.29, 1.82) is 0 Å². The Kier molecular flexibility index (Phi) is 5.36. The van der Waals surface area contributed by atoms with Crippen molar-refractivity contribution in [3.8, 4) is 5.75 Å². The number of sulfonamides is 1. The first-order valence-corrected chi connectivity index (χ1v) is 9.62. The van der Waals surface area contributed by atoms with Crippen LogP contribution in [0, 0.1) is 0 Å². The molecule has 19 heavy (non-hydrogen) atoms. The minimum absolute atomic E-state index is 0.0251. The van der Waals surface area contributed by atoms with Gasteiger partial charge >= 0.3 is 0 Å². The Hall–Kier alpha value is -0.640. The Labute approximate surface area is 121 Å². The molecule has 0 spiro atoms. The minimum atomic E-state index is -3.75. The van der Waals surface area contributed by atoms with E-state index < -0.39 is 19.9 Å². The van der Waals surface area contributed by atoms with Crippen LogP contribution in [0.4, 0.5) is 0 Å². The molecule has 0 saturated carbocycles. The molecule has 0 amide bonds. The van der Waals surface area contributed by atoms with Gasteiger partial charge in [0, 0.05) is 6.26 Å². The van der Waals surface area contributed by atoms with Crippen LogP contribution in [0.5, 0.6) is 5.75 Å². The first kappa shape index (κ1) is 16.4. The number of rotatable bonds is 6. The van der Waals surface area contributed by atoms with Gasteiger partial charge in [0.05, 0.1) is 21.7 Å². The number of sulfone groups is 1. The van der Waals surface area contributed by atoms with E-state index in [1.165, 1.54) is 18.2 Å². The normalized spacial score (nSPS) is 12.4. The van der Waals surface area contributed by atoms with Crippen molar-refractivity contribution in [3.05, 3.63) is 22.7 Å². The van der Waals surface area contributed by atoms with Crippen LogP contribution < -0.4 is 9.88 Å². The lowest BCUT2D eigenvalue weighted by atomic mass is 10.3. The molecule has 0 aromatic heterocycles. The molecule has 0 saturated heterocycles. The first-order chi connectivity index (χ1) is 8.59. The maximum Gasteiger partial charge on any atom is 0.238 e. The van der Waals surface area contributed by atoms with Gasteiger partial charge in [-0.2, -0.15) is 0 Å². The summed E-state index contributed by atoms with van der Waals surface area (Å²) >= 11 is 3.17. The first-order valence-electron chi connectivity index (χ1n) is 5.22. The number of hydrogen-bond acceptors (Lipinski definition) is 5. The zero-order chi connectivity index (χ0) is 14.7. The zero-order valence-corrected chi connectivity index (χ0v) is 13.4. The van der Waals surface area contributed by atoms with Crippen LogP contribution in [0.15, 0.2) is 27.6 Å². The van der Waals surface area contributed by atoms with E-state index in [2.05, 4.69) is 15.9 Å². The van der Waals surface area contributed by atoms with Crippen LogP contribution >= 0.6 is 15.9 Å². The van der Waals surface area contributed by atoms with Crippen LogP contribution in [0.2, 0.25) is 0 Å². The van der Waals surface area contributed by atoms with Crippen LogP contribution in [-0.4, -0.2) is 35.5 Å². The van der Waals surface area contributed by atoms with Gasteiger partial charge in [0.25, 0.3) is 0 Å². The van der Waals surface area contributed by atoms with Crippen molar-refractivity contribution in [2.45, 2.75) is 11.3 Å². The van der Waals surface area contributed by atoms with Gasteiger partial charge in [-0.15, -0.1) is 0 Å². The van der Waals surface area contributed by atoms with Crippen LogP contribution in [0.25, 0.3) is 0 Å². The molecule has 0 aliphatic rings. The SMILES string of the molecule is CS(=O)(=O)CCCOc1ccc(S(N)(=O)=O)cc1Br. The topological polar surface area (TPSA) is 104 Å². The second kappa shape index (κ2) is 6.21. The maximum absolute atomic E-state index is 11.1. The molecule has 108 valence electrons. The minimum Gasteiger partial charge on any atom is -0.492 e. The highest BCUT2D eigenvalue weighted by atomic mass is 79.9. The van der Waals surface area contributed by atoms with E-state index in [0.29, 0.717) is 16.6 Å². The van der Waals surface area contributed by atoms with Crippen LogP contribution in [-0.2, 0) is 19.9 Å². The summed E-state index contributed by atoms with van der Waals surface area (Å²) in [6.45, 7) is 0.223. The molecule has 0 aliphatic heterocycles. The quantitative estimate of drug-likeness (QED) is 0.748. The van der Waals surface area contributed by atoms with Crippen molar-refractivity contribution in [2.24, 2.45) is 5.14 Å². The number of nitrogens with two attached hydrogens (primary N) is 1. The molecule has 0 fully saturated rings. The molecule has 0 unspecified atom stereocenters. The van der Waals surface area contributed by atoms with E-state index in [1.807, 2.05) is 0 Å². The largest absolute Gasteiger partial charge is 0.492 e. The molecule has 0 atom stereocenters. The van der Waals surface area contributed by atoms with Gasteiger partial charge in [-0.25, -0.2) is 22.0 Å². The summed E-state index contributed by atoms with van der Waals surface area (Å²) in [6.07, 6.45) is 1.52. The summed E-state index contributed by atoms with van der Waals surface area (Å²) in [5.74, 6) is 0.473. The lowest BCUT2D eigenvalue weighted by Gasteiger charge is -2.08. The van der Waals surface area contributed by atoms with Crippen molar-refractivity contribution < 1.29 is 21.6 Å². The fourth-order valence-corrected chi connectivity index (χ4v) is 3.11. The van der Waals surface area contributed by atoms with Gasteiger partial charge in [-0.3, -0.25) is 0 Å². The third-order valence-electron chi connectivity index (χ3n) is 2.15. The van der Waals surface area contributed by atoms with Gasteiger partial charge in [0.2, 0.25) is 10.0 Å². The average molecular weight is 372 g/mol. The third kappa shape index (κ3) is 5.89. The standard InChI is InChI=1S/C10H14BrNO5S2/c1-18(13,14)6-2-5-17-10-4-3-8(7-9(10)11)19(12,15)16/h3-4,7H,2,5-6H2,1H3,(H2,12,15,16). The van der Waals surface area contributed by atoms with E-state index in [4.69, 9.17) is 9.88 Å². The Bertz CT molecular complexity index is 654. The number of halogens is 1. The number of primary sulfonamides is 1. The molecule has 2 N–H and O–H groups in total. The zero-order valence-electron chi connectivity index (χ0n) is 10.2. The van der Waals surface area contributed by atoms with Crippen LogP contribution in [0.1, 0.15) is 6.42 Å². The molecule has 0 bridgehead atoms. The Morgan fingerprint density at radius 3 is 2.37 bits per heavy atom. The summed E-state index contributed by atoms with van der Waals surface area (Å²) in [5, 5.41) is 4.99. The molecular formula is C10H14BrNO5S2. The predicted octanol–water partition coefficient (Wildman–Crippen LogP) is 0.910. The van der Waals surface area contributed by atoms with E-state index in [1.54, 1.807) is 0 Å². The Morgan fingerprint density at radius 2 is 1.89 bits per heavy atom. The third-order valence-corrected chi connectivity index (χ3v) is 4.71. The number of ether oxygens (including phenoxy) is 1. The maximum atomic E-state index is 11.1. The summed E-state index contributed by atoms with van der Waals surface area (Å²) in [5.41, 5.74) is 0. The fourth-order valence-electron chi connectivity index (χ4n) is 1.28. The lowest BCUT2D eigenvalue weighted by Crippen LogP contribution is -2.12. The van der Waals surface area contributed by atoms with Crippen molar-refractivity contribution >= 4 is 35.8 Å². The second-order valence-electron chi connectivity index (χ2n) is 3.97. The van der Waals surface area contributed by atoms with E-state index >= 15 is 0 Å². The molecule has 9 heteroatoms. The van der Waals surface area contributed by atoms with E-state index in [-0.39, 0.29) is 17.3 Å². The number of hydrogen-bond donors (Lipinski definition) is 1. The van der Waals surface area contributed by atoms with Crippen molar-refractivity contribution in [3.63, 3.8) is 0 Å².